The van der Waals surface area contributed by atoms with Gasteiger partial charge in [0.25, 0.3) is 0 Å². The number of hydrogen-bond donors (Lipinski definition) is 1. The van der Waals surface area contributed by atoms with Crippen molar-refractivity contribution in [2.45, 2.75) is 19.8 Å². The van der Waals surface area contributed by atoms with Crippen LogP contribution in [0.25, 0.3) is 0 Å². The van der Waals surface area contributed by atoms with E-state index in [1.54, 1.807) is 7.11 Å². The molecule has 112 valence electrons. The summed E-state index contributed by atoms with van der Waals surface area (Å²) in [4.78, 5) is 11.8. The molecule has 0 fully saturated rings. The van der Waals surface area contributed by atoms with Crippen LogP contribution in [0.2, 0.25) is 0 Å². The molecule has 2 aromatic rings. The second kappa shape index (κ2) is 7.90. The monoisotopic (exact) mass is 293 g/mol. The van der Waals surface area contributed by atoms with Crippen molar-refractivity contribution in [3.8, 4) is 17.6 Å². The number of nitrogens with one attached hydrogen (secondary N) is 1. The number of anilines is 1. The molecule has 0 spiro atoms. The summed E-state index contributed by atoms with van der Waals surface area (Å²) in [5.74, 6) is 6.88. The number of carbonyl (C=O) groups excluding carboxylic acids is 1. The SMILES string of the molecule is COc1ccc(NC(=O)CCC#Cc2ccccc2C)cc1. The predicted molar refractivity (Wildman–Crippen MR) is 88.9 cm³/mol. The number of carbonyl (C=O) groups is 1. The lowest BCUT2D eigenvalue weighted by molar-refractivity contribution is -0.116. The zero-order valence-electron chi connectivity index (χ0n) is 12.8. The predicted octanol–water partition coefficient (Wildman–Crippen LogP) is 3.77. The Morgan fingerprint density at radius 2 is 1.86 bits per heavy atom. The highest BCUT2D eigenvalue weighted by Crippen LogP contribution is 2.15. The molecule has 3 nitrogen and oxygen atoms in total. The quantitative estimate of drug-likeness (QED) is 0.871. The third kappa shape index (κ3) is 4.68. The van der Waals surface area contributed by atoms with E-state index >= 15 is 0 Å². The Labute approximate surface area is 131 Å². The van der Waals surface area contributed by atoms with Gasteiger partial charge in [0.05, 0.1) is 7.11 Å². The van der Waals surface area contributed by atoms with Crippen LogP contribution in [0.1, 0.15) is 24.0 Å². The van der Waals surface area contributed by atoms with Gasteiger partial charge in [-0.3, -0.25) is 4.79 Å². The average Bonchev–Trinajstić information content (AvgIpc) is 2.54. The van der Waals surface area contributed by atoms with E-state index in [1.165, 1.54) is 0 Å². The van der Waals surface area contributed by atoms with Crippen LogP contribution in [0.15, 0.2) is 48.5 Å². The molecule has 0 saturated heterocycles. The van der Waals surface area contributed by atoms with E-state index in [-0.39, 0.29) is 5.91 Å². The first-order valence-electron chi connectivity index (χ1n) is 7.17. The molecule has 0 aliphatic heterocycles. The number of ether oxygens (including phenoxy) is 1. The van der Waals surface area contributed by atoms with Crippen LogP contribution in [0.5, 0.6) is 5.75 Å². The molecule has 0 aromatic heterocycles. The fourth-order valence-electron chi connectivity index (χ4n) is 1.94. The molecule has 3 heteroatoms. The first kappa shape index (κ1) is 15.7. The van der Waals surface area contributed by atoms with Gasteiger partial charge in [0.2, 0.25) is 5.91 Å². The molecule has 1 amide bonds. The Hall–Kier alpha value is -2.73. The van der Waals surface area contributed by atoms with Crippen molar-refractivity contribution >= 4 is 11.6 Å². The fraction of sp³-hybridized carbons (Fsp3) is 0.211. The highest BCUT2D eigenvalue weighted by Gasteiger charge is 2.01. The van der Waals surface area contributed by atoms with Gasteiger partial charge in [-0.2, -0.15) is 0 Å². The van der Waals surface area contributed by atoms with E-state index in [0.717, 1.165) is 22.6 Å². The van der Waals surface area contributed by atoms with Gasteiger partial charge in [-0.1, -0.05) is 30.0 Å². The summed E-state index contributed by atoms with van der Waals surface area (Å²) in [5.41, 5.74) is 2.92. The minimum absolute atomic E-state index is 0.0377. The Kier molecular flexibility index (Phi) is 5.62. The van der Waals surface area contributed by atoms with Crippen LogP contribution in [0, 0.1) is 18.8 Å². The zero-order valence-corrected chi connectivity index (χ0v) is 12.8. The van der Waals surface area contributed by atoms with Crippen molar-refractivity contribution in [1.82, 2.24) is 0 Å². The molecule has 22 heavy (non-hydrogen) atoms. The second-order valence-electron chi connectivity index (χ2n) is 4.89. The molecule has 0 radical (unpaired) electrons. The number of methoxy groups -OCH3 is 1. The third-order valence-electron chi connectivity index (χ3n) is 3.22. The van der Waals surface area contributed by atoms with Gasteiger partial charge in [-0.05, 0) is 42.8 Å². The van der Waals surface area contributed by atoms with Crippen molar-refractivity contribution in [1.29, 1.82) is 0 Å². The van der Waals surface area contributed by atoms with Gasteiger partial charge < -0.3 is 10.1 Å². The lowest BCUT2D eigenvalue weighted by Gasteiger charge is -2.05. The zero-order chi connectivity index (χ0) is 15.8. The first-order chi connectivity index (χ1) is 10.7. The molecule has 0 unspecified atom stereocenters. The molecule has 0 aliphatic rings. The van der Waals surface area contributed by atoms with Gasteiger partial charge in [0.15, 0.2) is 0 Å². The third-order valence-corrected chi connectivity index (χ3v) is 3.22. The van der Waals surface area contributed by atoms with Crippen LogP contribution in [-0.4, -0.2) is 13.0 Å². The summed E-state index contributed by atoms with van der Waals surface area (Å²) in [7, 11) is 1.61. The molecule has 0 bridgehead atoms. The standard InChI is InChI=1S/C19H19NO2/c1-15-7-3-4-8-16(15)9-5-6-10-19(21)20-17-11-13-18(22-2)14-12-17/h3-4,7-8,11-14H,6,10H2,1-2H3,(H,20,21). The minimum atomic E-state index is -0.0377. The Morgan fingerprint density at radius 3 is 2.55 bits per heavy atom. The maximum Gasteiger partial charge on any atom is 0.225 e. The molecule has 0 aliphatic carbocycles. The first-order valence-corrected chi connectivity index (χ1v) is 7.17. The van der Waals surface area contributed by atoms with Crippen LogP contribution in [0.3, 0.4) is 0 Å². The molecule has 2 aromatic carbocycles. The van der Waals surface area contributed by atoms with E-state index in [9.17, 15) is 4.79 Å². The summed E-state index contributed by atoms with van der Waals surface area (Å²) < 4.78 is 5.07. The van der Waals surface area contributed by atoms with E-state index < -0.39 is 0 Å². The highest BCUT2D eigenvalue weighted by molar-refractivity contribution is 5.90. The Bertz CT molecular complexity index is 693. The van der Waals surface area contributed by atoms with Crippen LogP contribution < -0.4 is 10.1 Å². The molecule has 2 rings (SSSR count). The normalized spacial score (nSPS) is 9.55. The second-order valence-corrected chi connectivity index (χ2v) is 4.89. The van der Waals surface area contributed by atoms with Crippen LogP contribution in [-0.2, 0) is 4.79 Å². The average molecular weight is 293 g/mol. The van der Waals surface area contributed by atoms with Gasteiger partial charge in [-0.15, -0.1) is 0 Å². The van der Waals surface area contributed by atoms with Crippen molar-refractivity contribution in [2.75, 3.05) is 12.4 Å². The minimum Gasteiger partial charge on any atom is -0.497 e. The van der Waals surface area contributed by atoms with E-state index in [4.69, 9.17) is 4.74 Å². The molecule has 0 heterocycles. The summed E-state index contributed by atoms with van der Waals surface area (Å²) in [6.45, 7) is 2.03. The molecule has 1 N–H and O–H groups in total. The van der Waals surface area contributed by atoms with Gasteiger partial charge >= 0.3 is 0 Å². The number of amides is 1. The lowest BCUT2D eigenvalue weighted by atomic mass is 10.1. The largest absolute Gasteiger partial charge is 0.497 e. The smallest absolute Gasteiger partial charge is 0.225 e. The number of hydrogen-bond acceptors (Lipinski definition) is 2. The summed E-state index contributed by atoms with van der Waals surface area (Å²) in [6, 6.07) is 15.2. The van der Waals surface area contributed by atoms with E-state index in [0.29, 0.717) is 12.8 Å². The molecular weight excluding hydrogens is 274 g/mol. The van der Waals surface area contributed by atoms with Crippen molar-refractivity contribution in [2.24, 2.45) is 0 Å². The van der Waals surface area contributed by atoms with Crippen LogP contribution >= 0.6 is 0 Å². The Balaban J connectivity index is 1.82. The summed E-state index contributed by atoms with van der Waals surface area (Å²) in [5, 5.41) is 2.84. The van der Waals surface area contributed by atoms with Crippen molar-refractivity contribution < 1.29 is 9.53 Å². The van der Waals surface area contributed by atoms with E-state index in [2.05, 4.69) is 17.2 Å². The van der Waals surface area contributed by atoms with Crippen molar-refractivity contribution in [3.63, 3.8) is 0 Å². The lowest BCUT2D eigenvalue weighted by Crippen LogP contribution is -2.10. The van der Waals surface area contributed by atoms with E-state index in [1.807, 2.05) is 55.5 Å². The van der Waals surface area contributed by atoms with Gasteiger partial charge in [-0.25, -0.2) is 0 Å². The number of aryl methyl sites for hydroxylation is 1. The van der Waals surface area contributed by atoms with Crippen molar-refractivity contribution in [3.05, 3.63) is 59.7 Å². The van der Waals surface area contributed by atoms with Gasteiger partial charge in [0, 0.05) is 24.1 Å². The number of rotatable bonds is 4. The van der Waals surface area contributed by atoms with Gasteiger partial charge in [0.1, 0.15) is 5.75 Å². The Morgan fingerprint density at radius 1 is 1.14 bits per heavy atom. The highest BCUT2D eigenvalue weighted by atomic mass is 16.5. The molecule has 0 atom stereocenters. The molecular formula is C19H19NO2. The number of benzene rings is 2. The maximum absolute atomic E-state index is 11.8. The fourth-order valence-corrected chi connectivity index (χ4v) is 1.94. The summed E-state index contributed by atoms with van der Waals surface area (Å²) >= 11 is 0. The molecule has 0 saturated carbocycles. The van der Waals surface area contributed by atoms with Crippen LogP contribution in [0.4, 0.5) is 5.69 Å². The maximum atomic E-state index is 11.8. The summed E-state index contributed by atoms with van der Waals surface area (Å²) in [6.07, 6.45) is 0.918. The topological polar surface area (TPSA) is 38.3 Å².